The minimum absolute atomic E-state index is 0. The monoisotopic (exact) mass is 280 g/mol. The Morgan fingerprint density at radius 2 is 2.44 bits per heavy atom. The summed E-state index contributed by atoms with van der Waals surface area (Å²) in [5.74, 6) is -0.140. The Bertz CT molecular complexity index is 393. The number of nitrogens with one attached hydrogen (secondary N) is 2. The van der Waals surface area contributed by atoms with Crippen molar-refractivity contribution in [3.63, 3.8) is 0 Å². The van der Waals surface area contributed by atoms with Crippen molar-refractivity contribution < 1.29 is 13.6 Å². The van der Waals surface area contributed by atoms with Crippen LogP contribution in [0.25, 0.3) is 0 Å². The highest BCUT2D eigenvalue weighted by atomic mass is 35.5. The van der Waals surface area contributed by atoms with Gasteiger partial charge in [0.15, 0.2) is 0 Å². The molecule has 8 heteroatoms. The second-order valence-corrected chi connectivity index (χ2v) is 3.98. The highest BCUT2D eigenvalue weighted by Gasteiger charge is 2.22. The summed E-state index contributed by atoms with van der Waals surface area (Å²) in [6.45, 7) is 0.375. The maximum Gasteiger partial charge on any atom is 0.257 e. The molecule has 1 aromatic heterocycles. The third kappa shape index (κ3) is 3.92. The highest BCUT2D eigenvalue weighted by Crippen LogP contribution is 2.10. The van der Waals surface area contributed by atoms with E-state index in [1.165, 1.54) is 12.4 Å². The molecular formula is C10H15ClF2N4O. The van der Waals surface area contributed by atoms with Crippen molar-refractivity contribution in [2.24, 2.45) is 0 Å². The number of anilines is 1. The Morgan fingerprint density at radius 3 is 3.06 bits per heavy atom. The van der Waals surface area contributed by atoms with Crippen molar-refractivity contribution in [2.45, 2.75) is 31.9 Å². The highest BCUT2D eigenvalue weighted by molar-refractivity contribution is 5.94. The van der Waals surface area contributed by atoms with E-state index < -0.39 is 13.0 Å². The number of hydrogen-bond donors (Lipinski definition) is 2. The number of carbonyl (C=O) groups is 1. The van der Waals surface area contributed by atoms with Gasteiger partial charge in [0.2, 0.25) is 5.91 Å². The molecule has 0 radical (unpaired) electrons. The molecule has 0 aliphatic carbocycles. The maximum absolute atomic E-state index is 12.1. The van der Waals surface area contributed by atoms with Gasteiger partial charge in [0.1, 0.15) is 6.54 Å². The SMILES string of the molecule is Cl.O=C(Nc1cnn(CC(F)F)c1)C1CCCN1. The molecule has 0 spiro atoms. The first-order chi connectivity index (χ1) is 8.15. The van der Waals surface area contributed by atoms with Gasteiger partial charge in [-0.2, -0.15) is 5.10 Å². The lowest BCUT2D eigenvalue weighted by Gasteiger charge is -2.08. The lowest BCUT2D eigenvalue weighted by atomic mass is 10.2. The average Bonchev–Trinajstić information content (AvgIpc) is 2.87. The summed E-state index contributed by atoms with van der Waals surface area (Å²) in [6, 6.07) is -0.187. The Balaban J connectivity index is 0.00000162. The zero-order chi connectivity index (χ0) is 12.3. The van der Waals surface area contributed by atoms with Gasteiger partial charge in [0.25, 0.3) is 6.43 Å². The lowest BCUT2D eigenvalue weighted by molar-refractivity contribution is -0.117. The number of hydrogen-bond acceptors (Lipinski definition) is 3. The van der Waals surface area contributed by atoms with Crippen LogP contribution >= 0.6 is 12.4 Å². The van der Waals surface area contributed by atoms with Crippen molar-refractivity contribution in [3.8, 4) is 0 Å². The van der Waals surface area contributed by atoms with Crippen LogP contribution in [-0.2, 0) is 11.3 Å². The fourth-order valence-electron chi connectivity index (χ4n) is 1.81. The second-order valence-electron chi connectivity index (χ2n) is 3.98. The van der Waals surface area contributed by atoms with Gasteiger partial charge in [0.05, 0.1) is 17.9 Å². The maximum atomic E-state index is 12.1. The first-order valence-electron chi connectivity index (χ1n) is 5.50. The van der Waals surface area contributed by atoms with Crippen LogP contribution in [0.2, 0.25) is 0 Å². The van der Waals surface area contributed by atoms with Gasteiger partial charge in [-0.05, 0) is 19.4 Å². The predicted octanol–water partition coefficient (Wildman–Crippen LogP) is 1.26. The van der Waals surface area contributed by atoms with E-state index in [0.717, 1.165) is 24.1 Å². The van der Waals surface area contributed by atoms with Gasteiger partial charge in [-0.1, -0.05) is 0 Å². The van der Waals surface area contributed by atoms with E-state index in [9.17, 15) is 13.6 Å². The zero-order valence-electron chi connectivity index (χ0n) is 9.60. The van der Waals surface area contributed by atoms with E-state index in [0.29, 0.717) is 5.69 Å². The predicted molar refractivity (Wildman–Crippen MR) is 65.1 cm³/mol. The minimum atomic E-state index is -2.45. The first kappa shape index (κ1) is 14.8. The summed E-state index contributed by atoms with van der Waals surface area (Å²) in [7, 11) is 0. The molecule has 5 nitrogen and oxygen atoms in total. The van der Waals surface area contributed by atoms with Gasteiger partial charge in [-0.25, -0.2) is 8.78 Å². The fourth-order valence-corrected chi connectivity index (χ4v) is 1.81. The summed E-state index contributed by atoms with van der Waals surface area (Å²) in [4.78, 5) is 11.7. The molecule has 1 aliphatic rings. The number of alkyl halides is 2. The Hall–Kier alpha value is -1.21. The van der Waals surface area contributed by atoms with E-state index in [-0.39, 0.29) is 24.4 Å². The Morgan fingerprint density at radius 1 is 1.67 bits per heavy atom. The molecule has 1 fully saturated rings. The van der Waals surface area contributed by atoms with E-state index >= 15 is 0 Å². The fraction of sp³-hybridized carbons (Fsp3) is 0.600. The van der Waals surface area contributed by atoms with Gasteiger partial charge in [0, 0.05) is 6.20 Å². The van der Waals surface area contributed by atoms with Crippen molar-refractivity contribution >= 4 is 24.0 Å². The molecule has 18 heavy (non-hydrogen) atoms. The molecule has 2 rings (SSSR count). The molecule has 2 heterocycles. The third-order valence-corrected chi connectivity index (χ3v) is 2.60. The van der Waals surface area contributed by atoms with Crippen LogP contribution in [0.5, 0.6) is 0 Å². The molecular weight excluding hydrogens is 266 g/mol. The van der Waals surface area contributed by atoms with E-state index in [1.54, 1.807) is 0 Å². The smallest absolute Gasteiger partial charge is 0.257 e. The number of rotatable bonds is 4. The van der Waals surface area contributed by atoms with E-state index in [4.69, 9.17) is 0 Å². The van der Waals surface area contributed by atoms with Crippen LogP contribution in [-0.4, -0.2) is 34.7 Å². The number of nitrogens with zero attached hydrogens (tertiary/aromatic N) is 2. The van der Waals surface area contributed by atoms with Crippen LogP contribution in [0, 0.1) is 0 Å². The lowest BCUT2D eigenvalue weighted by Crippen LogP contribution is -2.35. The van der Waals surface area contributed by atoms with Gasteiger partial charge >= 0.3 is 0 Å². The molecule has 0 aromatic carbocycles. The van der Waals surface area contributed by atoms with Gasteiger partial charge in [-0.3, -0.25) is 9.48 Å². The largest absolute Gasteiger partial charge is 0.322 e. The molecule has 1 unspecified atom stereocenters. The topological polar surface area (TPSA) is 59.0 Å². The molecule has 1 aromatic rings. The Labute approximate surface area is 109 Å². The number of aromatic nitrogens is 2. The van der Waals surface area contributed by atoms with Crippen LogP contribution in [0.1, 0.15) is 12.8 Å². The summed E-state index contributed by atoms with van der Waals surface area (Å²) in [5.41, 5.74) is 0.448. The summed E-state index contributed by atoms with van der Waals surface area (Å²) >= 11 is 0. The van der Waals surface area contributed by atoms with Crippen molar-refractivity contribution in [1.29, 1.82) is 0 Å². The number of carbonyl (C=O) groups excluding carboxylic acids is 1. The molecule has 1 atom stereocenters. The Kier molecular flexibility index (Phi) is 5.49. The van der Waals surface area contributed by atoms with Crippen molar-refractivity contribution in [2.75, 3.05) is 11.9 Å². The third-order valence-electron chi connectivity index (χ3n) is 2.60. The molecule has 0 bridgehead atoms. The zero-order valence-corrected chi connectivity index (χ0v) is 10.4. The summed E-state index contributed by atoms with van der Waals surface area (Å²) in [6.07, 6.45) is 2.10. The standard InChI is InChI=1S/C10H14F2N4O.ClH/c11-9(12)6-16-5-7(4-14-16)15-10(17)8-2-1-3-13-8;/h4-5,8-9,13H,1-3,6H2,(H,15,17);1H. The van der Waals surface area contributed by atoms with Gasteiger partial charge < -0.3 is 10.6 Å². The molecule has 1 aliphatic heterocycles. The van der Waals surface area contributed by atoms with E-state index in [1.807, 2.05) is 0 Å². The number of amides is 1. The molecule has 1 saturated heterocycles. The molecule has 102 valence electrons. The van der Waals surface area contributed by atoms with Gasteiger partial charge in [-0.15, -0.1) is 12.4 Å². The van der Waals surface area contributed by atoms with Crippen LogP contribution in [0.15, 0.2) is 12.4 Å². The normalized spacial score (nSPS) is 18.7. The van der Waals surface area contributed by atoms with Crippen molar-refractivity contribution in [3.05, 3.63) is 12.4 Å². The molecule has 0 saturated carbocycles. The second kappa shape index (κ2) is 6.65. The number of halogens is 3. The molecule has 1 amide bonds. The summed E-state index contributed by atoms with van der Waals surface area (Å²) in [5, 5.41) is 9.44. The minimum Gasteiger partial charge on any atom is -0.322 e. The molecule has 2 N–H and O–H groups in total. The van der Waals surface area contributed by atoms with Crippen LogP contribution in [0.4, 0.5) is 14.5 Å². The first-order valence-corrected chi connectivity index (χ1v) is 5.50. The van der Waals surface area contributed by atoms with E-state index in [2.05, 4.69) is 15.7 Å². The quantitative estimate of drug-likeness (QED) is 0.873. The van der Waals surface area contributed by atoms with Crippen molar-refractivity contribution in [1.82, 2.24) is 15.1 Å². The van der Waals surface area contributed by atoms with Crippen LogP contribution < -0.4 is 10.6 Å². The average molecular weight is 281 g/mol. The summed E-state index contributed by atoms with van der Waals surface area (Å²) < 4.78 is 25.3. The van der Waals surface area contributed by atoms with Crippen LogP contribution in [0.3, 0.4) is 0 Å².